The number of hydrogen-bond donors (Lipinski definition) is 0. The SMILES string of the molecule is O=C(Cc1ccc(C(F)(F)F)cn1)N1CCN(C(=O)c2cccc(OCCC3CCCCC3)c2)CC1. The van der Waals surface area contributed by atoms with Crippen LogP contribution in [0.25, 0.3) is 0 Å². The summed E-state index contributed by atoms with van der Waals surface area (Å²) in [5, 5.41) is 0. The van der Waals surface area contributed by atoms with Gasteiger partial charge in [-0.25, -0.2) is 0 Å². The highest BCUT2D eigenvalue weighted by Crippen LogP contribution is 2.29. The highest BCUT2D eigenvalue weighted by molar-refractivity contribution is 5.94. The van der Waals surface area contributed by atoms with Crippen molar-refractivity contribution >= 4 is 11.8 Å². The Morgan fingerprint density at radius 2 is 1.69 bits per heavy atom. The highest BCUT2D eigenvalue weighted by Gasteiger charge is 2.31. The molecule has 9 heteroatoms. The topological polar surface area (TPSA) is 62.7 Å². The maximum atomic E-state index is 13.0. The molecule has 0 atom stereocenters. The van der Waals surface area contributed by atoms with Crippen molar-refractivity contribution in [3.63, 3.8) is 0 Å². The number of piperazine rings is 1. The molecule has 0 spiro atoms. The number of halogens is 3. The number of pyridine rings is 1. The van der Waals surface area contributed by atoms with Gasteiger partial charge in [-0.15, -0.1) is 0 Å². The molecule has 1 aliphatic carbocycles. The lowest BCUT2D eigenvalue weighted by Crippen LogP contribution is -2.51. The number of ether oxygens (including phenoxy) is 1. The molecule has 2 fully saturated rings. The molecular weight excluding hydrogens is 471 g/mol. The largest absolute Gasteiger partial charge is 0.494 e. The monoisotopic (exact) mass is 503 g/mol. The molecule has 0 bridgehead atoms. The van der Waals surface area contributed by atoms with Gasteiger partial charge >= 0.3 is 6.18 Å². The molecule has 4 rings (SSSR count). The summed E-state index contributed by atoms with van der Waals surface area (Å²) in [6, 6.07) is 9.38. The van der Waals surface area contributed by atoms with Crippen LogP contribution in [0.2, 0.25) is 0 Å². The van der Waals surface area contributed by atoms with E-state index < -0.39 is 11.7 Å². The van der Waals surface area contributed by atoms with Gasteiger partial charge in [-0.1, -0.05) is 38.2 Å². The third-order valence-electron chi connectivity index (χ3n) is 7.00. The lowest BCUT2D eigenvalue weighted by molar-refractivity contribution is -0.137. The number of nitrogens with zero attached hydrogens (tertiary/aromatic N) is 3. The Hall–Kier alpha value is -3.10. The van der Waals surface area contributed by atoms with Crippen LogP contribution in [-0.2, 0) is 17.4 Å². The number of amides is 2. The second kappa shape index (κ2) is 11.8. The Labute approximate surface area is 209 Å². The van der Waals surface area contributed by atoms with Gasteiger partial charge in [0.25, 0.3) is 5.91 Å². The van der Waals surface area contributed by atoms with Crippen LogP contribution < -0.4 is 4.74 Å². The molecular formula is C27H32F3N3O3. The van der Waals surface area contributed by atoms with Crippen LogP contribution in [0.4, 0.5) is 13.2 Å². The number of benzene rings is 1. The van der Waals surface area contributed by atoms with Gasteiger partial charge < -0.3 is 14.5 Å². The summed E-state index contributed by atoms with van der Waals surface area (Å²) in [5.41, 5.74) is -0.00442. The molecule has 6 nitrogen and oxygen atoms in total. The number of carbonyl (C=O) groups is 2. The average molecular weight is 504 g/mol. The first kappa shape index (κ1) is 26.0. The Bertz CT molecular complexity index is 1030. The fraction of sp³-hybridized carbons (Fsp3) is 0.519. The molecule has 194 valence electrons. The van der Waals surface area contributed by atoms with Crippen LogP contribution in [-0.4, -0.2) is 59.4 Å². The molecule has 2 aliphatic rings. The van der Waals surface area contributed by atoms with Crippen LogP contribution >= 0.6 is 0 Å². The van der Waals surface area contributed by atoms with Gasteiger partial charge in [0.15, 0.2) is 0 Å². The maximum Gasteiger partial charge on any atom is 0.417 e. The number of carbonyl (C=O) groups excluding carboxylic acids is 2. The second-order valence-corrected chi connectivity index (χ2v) is 9.55. The van der Waals surface area contributed by atoms with Crippen molar-refractivity contribution in [3.8, 4) is 5.75 Å². The minimum atomic E-state index is -4.46. The molecule has 36 heavy (non-hydrogen) atoms. The minimum absolute atomic E-state index is 0.0771. The smallest absolute Gasteiger partial charge is 0.417 e. The van der Waals surface area contributed by atoms with E-state index in [-0.39, 0.29) is 23.9 Å². The Balaban J connectivity index is 1.24. The summed E-state index contributed by atoms with van der Waals surface area (Å²) in [4.78, 5) is 32.7. The van der Waals surface area contributed by atoms with Gasteiger partial charge in [-0.05, 0) is 42.7 Å². The van der Waals surface area contributed by atoms with Crippen molar-refractivity contribution in [1.82, 2.24) is 14.8 Å². The zero-order valence-electron chi connectivity index (χ0n) is 20.3. The van der Waals surface area contributed by atoms with E-state index in [1.165, 1.54) is 38.2 Å². The van der Waals surface area contributed by atoms with Crippen LogP contribution in [0.15, 0.2) is 42.6 Å². The summed E-state index contributed by atoms with van der Waals surface area (Å²) in [6.45, 7) is 2.15. The lowest BCUT2D eigenvalue weighted by Gasteiger charge is -2.35. The predicted molar refractivity (Wildman–Crippen MR) is 129 cm³/mol. The van der Waals surface area contributed by atoms with Gasteiger partial charge in [-0.3, -0.25) is 14.6 Å². The predicted octanol–water partition coefficient (Wildman–Crippen LogP) is 4.98. The van der Waals surface area contributed by atoms with Crippen molar-refractivity contribution in [1.29, 1.82) is 0 Å². The molecule has 1 aromatic heterocycles. The molecule has 1 saturated carbocycles. The third-order valence-corrected chi connectivity index (χ3v) is 7.00. The van der Waals surface area contributed by atoms with Crippen molar-refractivity contribution in [3.05, 3.63) is 59.4 Å². The molecule has 1 aromatic carbocycles. The standard InChI is InChI=1S/C27H32F3N3O3/c28-27(29,30)22-9-10-23(31-19-22)18-25(34)32-12-14-33(15-13-32)26(35)21-7-4-8-24(17-21)36-16-11-20-5-2-1-3-6-20/h4,7-10,17,19-20H,1-3,5-6,11-16,18H2. The quantitative estimate of drug-likeness (QED) is 0.535. The molecule has 0 radical (unpaired) electrons. The third kappa shape index (κ3) is 6.98. The molecule has 1 aliphatic heterocycles. The maximum absolute atomic E-state index is 13.0. The molecule has 1 saturated heterocycles. The van der Waals surface area contributed by atoms with E-state index in [4.69, 9.17) is 4.74 Å². The Morgan fingerprint density at radius 1 is 0.972 bits per heavy atom. The number of hydrogen-bond acceptors (Lipinski definition) is 4. The van der Waals surface area contributed by atoms with E-state index >= 15 is 0 Å². The summed E-state index contributed by atoms with van der Waals surface area (Å²) >= 11 is 0. The van der Waals surface area contributed by atoms with Crippen LogP contribution in [0.5, 0.6) is 5.75 Å². The van der Waals surface area contributed by atoms with Crippen molar-refractivity contribution in [2.45, 2.75) is 51.1 Å². The Morgan fingerprint density at radius 3 is 2.36 bits per heavy atom. The lowest BCUT2D eigenvalue weighted by atomic mass is 9.87. The fourth-order valence-corrected chi connectivity index (χ4v) is 4.84. The van der Waals surface area contributed by atoms with E-state index in [2.05, 4.69) is 4.98 Å². The van der Waals surface area contributed by atoms with Crippen molar-refractivity contribution in [2.24, 2.45) is 5.92 Å². The van der Waals surface area contributed by atoms with Gasteiger partial charge in [0.1, 0.15) is 5.75 Å². The first-order valence-corrected chi connectivity index (χ1v) is 12.6. The number of rotatable bonds is 7. The summed E-state index contributed by atoms with van der Waals surface area (Å²) in [6.07, 6.45) is 3.74. The zero-order valence-corrected chi connectivity index (χ0v) is 20.3. The summed E-state index contributed by atoms with van der Waals surface area (Å²) in [5.74, 6) is 1.10. The molecule has 0 N–H and O–H groups in total. The fourth-order valence-electron chi connectivity index (χ4n) is 4.84. The van der Waals surface area contributed by atoms with Gasteiger partial charge in [0.05, 0.1) is 18.6 Å². The second-order valence-electron chi connectivity index (χ2n) is 9.55. The van der Waals surface area contributed by atoms with Crippen LogP contribution in [0, 0.1) is 5.92 Å². The van der Waals surface area contributed by atoms with E-state index in [9.17, 15) is 22.8 Å². The van der Waals surface area contributed by atoms with E-state index in [1.54, 1.807) is 21.9 Å². The van der Waals surface area contributed by atoms with Crippen LogP contribution in [0.1, 0.15) is 60.1 Å². The van der Waals surface area contributed by atoms with Gasteiger partial charge in [0, 0.05) is 43.6 Å². The average Bonchev–Trinajstić information content (AvgIpc) is 2.89. The van der Waals surface area contributed by atoms with E-state index in [0.29, 0.717) is 44.1 Å². The summed E-state index contributed by atoms with van der Waals surface area (Å²) in [7, 11) is 0. The molecule has 0 unspecified atom stereocenters. The molecule has 2 amide bonds. The zero-order chi connectivity index (χ0) is 25.5. The van der Waals surface area contributed by atoms with Gasteiger partial charge in [-0.2, -0.15) is 13.2 Å². The first-order valence-electron chi connectivity index (χ1n) is 12.6. The van der Waals surface area contributed by atoms with E-state index in [0.717, 1.165) is 24.6 Å². The normalized spacial score (nSPS) is 17.2. The number of alkyl halides is 3. The van der Waals surface area contributed by atoms with E-state index in [1.807, 2.05) is 12.1 Å². The van der Waals surface area contributed by atoms with Crippen molar-refractivity contribution in [2.75, 3.05) is 32.8 Å². The minimum Gasteiger partial charge on any atom is -0.494 e. The highest BCUT2D eigenvalue weighted by atomic mass is 19.4. The van der Waals surface area contributed by atoms with Crippen LogP contribution in [0.3, 0.4) is 0 Å². The van der Waals surface area contributed by atoms with Gasteiger partial charge in [0.2, 0.25) is 5.91 Å². The summed E-state index contributed by atoms with van der Waals surface area (Å²) < 4.78 is 44.0. The number of aromatic nitrogens is 1. The molecule has 2 aromatic rings. The van der Waals surface area contributed by atoms with Crippen molar-refractivity contribution < 1.29 is 27.5 Å². The molecule has 2 heterocycles. The Kier molecular flexibility index (Phi) is 8.48. The first-order chi connectivity index (χ1) is 17.3.